The van der Waals surface area contributed by atoms with Crippen molar-refractivity contribution in [3.8, 4) is 0 Å². The molecule has 0 aliphatic rings. The van der Waals surface area contributed by atoms with E-state index in [1.54, 1.807) is 13.8 Å². The average Bonchev–Trinajstić information content (AvgIpc) is 2.23. The Balaban J connectivity index is 4.07. The monoisotopic (exact) mass is 218 g/mol. The van der Waals surface area contributed by atoms with E-state index in [1.165, 1.54) is 6.21 Å². The zero-order valence-electron chi connectivity index (χ0n) is 8.77. The minimum Gasteiger partial charge on any atom is -0.391 e. The first-order chi connectivity index (χ1) is 7.02. The van der Waals surface area contributed by atoms with Crippen LogP contribution in [-0.4, -0.2) is 36.9 Å². The van der Waals surface area contributed by atoms with Gasteiger partial charge in [-0.3, -0.25) is 4.99 Å². The van der Waals surface area contributed by atoms with Crippen LogP contribution in [0.15, 0.2) is 4.99 Å². The van der Waals surface area contributed by atoms with Gasteiger partial charge in [-0.1, -0.05) is 6.92 Å². The van der Waals surface area contributed by atoms with Crippen LogP contribution < -0.4 is 5.73 Å². The highest BCUT2D eigenvalue weighted by atomic mass is 19.1. The van der Waals surface area contributed by atoms with Crippen molar-refractivity contribution in [1.82, 2.24) is 0 Å². The van der Waals surface area contributed by atoms with Crippen molar-refractivity contribution in [2.75, 3.05) is 6.54 Å². The van der Waals surface area contributed by atoms with E-state index in [4.69, 9.17) is 5.73 Å². The fourth-order valence-electron chi connectivity index (χ4n) is 0.780. The average molecular weight is 218 g/mol. The Hall–Kier alpha value is -1.30. The number of hydrogen-bond acceptors (Lipinski definition) is 5. The number of nitrogens with zero attached hydrogens (tertiary/aromatic N) is 1. The molecule has 0 saturated carbocycles. The molecule has 2 N–H and O–H groups in total. The van der Waals surface area contributed by atoms with Crippen LogP contribution in [0.25, 0.3) is 0 Å². The molecule has 0 saturated heterocycles. The van der Waals surface area contributed by atoms with Crippen molar-refractivity contribution < 1.29 is 18.7 Å². The minimum absolute atomic E-state index is 0.0948. The molecule has 6 heteroatoms. The Labute approximate surface area is 87.5 Å². The lowest BCUT2D eigenvalue weighted by molar-refractivity contribution is -0.160. The van der Waals surface area contributed by atoms with E-state index < -0.39 is 24.2 Å². The topological polar surface area (TPSA) is 81.8 Å². The summed E-state index contributed by atoms with van der Waals surface area (Å²) in [6.45, 7) is 2.90. The predicted molar refractivity (Wildman–Crippen MR) is 53.3 cm³/mol. The van der Waals surface area contributed by atoms with Crippen molar-refractivity contribution in [2.45, 2.75) is 32.5 Å². The lowest BCUT2D eigenvalue weighted by Crippen LogP contribution is -2.41. The van der Waals surface area contributed by atoms with Crippen LogP contribution in [0.4, 0.5) is 4.39 Å². The molecule has 0 aromatic rings. The molecule has 1 unspecified atom stereocenters. The molecule has 0 bridgehead atoms. The summed E-state index contributed by atoms with van der Waals surface area (Å²) in [5, 5.41) is 0. The Morgan fingerprint density at radius 1 is 1.60 bits per heavy atom. The number of alkyl halides is 1. The second-order valence-corrected chi connectivity index (χ2v) is 2.84. The summed E-state index contributed by atoms with van der Waals surface area (Å²) in [4.78, 5) is 25.5. The molecule has 0 fully saturated rings. The van der Waals surface area contributed by atoms with E-state index in [2.05, 4.69) is 9.73 Å². The quantitative estimate of drug-likeness (QED) is 0.406. The largest absolute Gasteiger partial charge is 0.391 e. The summed E-state index contributed by atoms with van der Waals surface area (Å²) in [5.74, 6) is -1.89. The van der Waals surface area contributed by atoms with Crippen LogP contribution in [0.1, 0.15) is 20.3 Å². The lowest BCUT2D eigenvalue weighted by Gasteiger charge is -2.12. The van der Waals surface area contributed by atoms with Gasteiger partial charge in [0.2, 0.25) is 0 Å². The lowest BCUT2D eigenvalue weighted by atomic mass is 10.1. The van der Waals surface area contributed by atoms with Crippen LogP contribution >= 0.6 is 0 Å². The SMILES string of the molecule is CC=NCC(=O)OC(=O)[C@@H](N)C(F)CC. The molecule has 0 rings (SSSR count). The molecular formula is C9H15FN2O3. The molecule has 2 atom stereocenters. The number of nitrogens with two attached hydrogens (primary N) is 1. The van der Waals surface area contributed by atoms with Gasteiger partial charge in [-0.25, -0.2) is 14.0 Å². The van der Waals surface area contributed by atoms with Gasteiger partial charge in [0, 0.05) is 0 Å². The number of carbonyl (C=O) groups excluding carboxylic acids is 2. The number of aliphatic imine (C=N–C) groups is 1. The summed E-state index contributed by atoms with van der Waals surface area (Å²) in [5.41, 5.74) is 5.21. The summed E-state index contributed by atoms with van der Waals surface area (Å²) in [6, 6.07) is -1.41. The fourth-order valence-corrected chi connectivity index (χ4v) is 0.780. The number of rotatable bonds is 5. The fraction of sp³-hybridized carbons (Fsp3) is 0.667. The summed E-state index contributed by atoms with van der Waals surface area (Å²) < 4.78 is 17.2. The smallest absolute Gasteiger partial charge is 0.335 e. The van der Waals surface area contributed by atoms with Crippen molar-refractivity contribution in [2.24, 2.45) is 10.7 Å². The zero-order valence-corrected chi connectivity index (χ0v) is 8.77. The molecule has 0 aromatic carbocycles. The first-order valence-electron chi connectivity index (χ1n) is 4.61. The Morgan fingerprint density at radius 2 is 2.20 bits per heavy atom. The van der Waals surface area contributed by atoms with Crippen LogP contribution in [-0.2, 0) is 14.3 Å². The van der Waals surface area contributed by atoms with Crippen LogP contribution in [0, 0.1) is 0 Å². The van der Waals surface area contributed by atoms with E-state index in [0.29, 0.717) is 0 Å². The van der Waals surface area contributed by atoms with Gasteiger partial charge in [0.1, 0.15) is 18.8 Å². The van der Waals surface area contributed by atoms with Crippen molar-refractivity contribution >= 4 is 18.2 Å². The maximum Gasteiger partial charge on any atom is 0.335 e. The van der Waals surface area contributed by atoms with Gasteiger partial charge in [0.15, 0.2) is 0 Å². The standard InChI is InChI=1S/C9H15FN2O3/c1-3-6(10)8(11)9(14)15-7(13)5-12-4-2/h4,6,8H,3,5,11H2,1-2H3/t6?,8-/m0/s1. The van der Waals surface area contributed by atoms with Gasteiger partial charge < -0.3 is 10.5 Å². The molecule has 86 valence electrons. The highest BCUT2D eigenvalue weighted by molar-refractivity contribution is 5.89. The van der Waals surface area contributed by atoms with Gasteiger partial charge in [-0.2, -0.15) is 0 Å². The first kappa shape index (κ1) is 13.7. The molecule has 0 aliphatic carbocycles. The van der Waals surface area contributed by atoms with E-state index in [0.717, 1.165) is 0 Å². The van der Waals surface area contributed by atoms with Crippen molar-refractivity contribution in [3.63, 3.8) is 0 Å². The van der Waals surface area contributed by atoms with E-state index in [1.807, 2.05) is 0 Å². The van der Waals surface area contributed by atoms with Gasteiger partial charge >= 0.3 is 11.9 Å². The Kier molecular flexibility index (Phi) is 6.44. The summed E-state index contributed by atoms with van der Waals surface area (Å²) in [6.07, 6.45) is -0.00673. The maximum absolute atomic E-state index is 12.9. The van der Waals surface area contributed by atoms with Gasteiger partial charge in [0.25, 0.3) is 0 Å². The van der Waals surface area contributed by atoms with Gasteiger partial charge in [-0.15, -0.1) is 0 Å². The number of esters is 2. The first-order valence-corrected chi connectivity index (χ1v) is 4.61. The highest BCUT2D eigenvalue weighted by Crippen LogP contribution is 2.03. The molecule has 0 aromatic heterocycles. The second-order valence-electron chi connectivity index (χ2n) is 2.84. The zero-order chi connectivity index (χ0) is 11.8. The number of carbonyl (C=O) groups is 2. The third-order valence-electron chi connectivity index (χ3n) is 1.67. The molecule has 5 nitrogen and oxygen atoms in total. The summed E-state index contributed by atoms with van der Waals surface area (Å²) >= 11 is 0. The maximum atomic E-state index is 12.9. The number of halogens is 1. The van der Waals surface area contributed by atoms with E-state index in [-0.39, 0.29) is 13.0 Å². The molecule has 0 amide bonds. The molecular weight excluding hydrogens is 203 g/mol. The van der Waals surface area contributed by atoms with Crippen LogP contribution in [0.3, 0.4) is 0 Å². The summed E-state index contributed by atoms with van der Waals surface area (Å²) in [7, 11) is 0. The number of hydrogen-bond donors (Lipinski definition) is 1. The normalized spacial score (nSPS) is 14.9. The predicted octanol–water partition coefficient (Wildman–Crippen LogP) is 0.222. The molecule has 15 heavy (non-hydrogen) atoms. The van der Waals surface area contributed by atoms with Gasteiger partial charge in [-0.05, 0) is 19.6 Å². The third kappa shape index (κ3) is 5.21. The number of ether oxygens (including phenoxy) is 1. The highest BCUT2D eigenvalue weighted by Gasteiger charge is 2.26. The molecule has 0 radical (unpaired) electrons. The molecule has 0 aliphatic heterocycles. The van der Waals surface area contributed by atoms with Crippen molar-refractivity contribution in [1.29, 1.82) is 0 Å². The second kappa shape index (κ2) is 7.05. The van der Waals surface area contributed by atoms with E-state index in [9.17, 15) is 14.0 Å². The van der Waals surface area contributed by atoms with Crippen molar-refractivity contribution in [3.05, 3.63) is 0 Å². The molecule has 0 heterocycles. The van der Waals surface area contributed by atoms with E-state index >= 15 is 0 Å². The van der Waals surface area contributed by atoms with Crippen LogP contribution in [0.2, 0.25) is 0 Å². The third-order valence-corrected chi connectivity index (χ3v) is 1.67. The van der Waals surface area contributed by atoms with Gasteiger partial charge in [0.05, 0.1) is 0 Å². The van der Waals surface area contributed by atoms with Crippen LogP contribution in [0.5, 0.6) is 0 Å². The molecule has 0 spiro atoms. The Bertz CT molecular complexity index is 256. The Morgan fingerprint density at radius 3 is 2.67 bits per heavy atom. The minimum atomic E-state index is -1.50.